The number of aromatic nitrogens is 2. The van der Waals surface area contributed by atoms with Gasteiger partial charge in [0.2, 0.25) is 16.0 Å². The Kier molecular flexibility index (Phi) is 5.86. The molecule has 1 fully saturated rings. The Bertz CT molecular complexity index is 1130. The van der Waals surface area contributed by atoms with Crippen molar-refractivity contribution in [3.8, 4) is 11.3 Å². The Balaban J connectivity index is 1.66. The fraction of sp³-hybridized carbons (Fsp3) is 0.421. The first kappa shape index (κ1) is 21.9. The predicted octanol–water partition coefficient (Wildman–Crippen LogP) is 2.31. The van der Waals surface area contributed by atoms with E-state index in [2.05, 4.69) is 15.3 Å². The van der Waals surface area contributed by atoms with Crippen LogP contribution in [0.25, 0.3) is 11.3 Å². The maximum Gasteiger partial charge on any atom is 0.321 e. The lowest BCUT2D eigenvalue weighted by molar-refractivity contribution is -0.140. The summed E-state index contributed by atoms with van der Waals surface area (Å²) in [7, 11) is -3.99. The van der Waals surface area contributed by atoms with E-state index >= 15 is 0 Å². The van der Waals surface area contributed by atoms with Gasteiger partial charge in [-0.05, 0) is 25.0 Å². The van der Waals surface area contributed by atoms with Crippen LogP contribution in [-0.2, 0) is 26.1 Å². The summed E-state index contributed by atoms with van der Waals surface area (Å²) in [5, 5.41) is 12.4. The van der Waals surface area contributed by atoms with E-state index in [4.69, 9.17) is 16.3 Å². The molecule has 3 heterocycles. The van der Waals surface area contributed by atoms with Crippen molar-refractivity contribution in [3.05, 3.63) is 35.0 Å². The van der Waals surface area contributed by atoms with Crippen molar-refractivity contribution in [2.45, 2.75) is 43.0 Å². The van der Waals surface area contributed by atoms with E-state index in [1.807, 2.05) is 0 Å². The van der Waals surface area contributed by atoms with E-state index < -0.39 is 34.2 Å². The largest absolute Gasteiger partial charge is 0.480 e. The molecule has 1 aromatic carbocycles. The number of nitrogens with zero attached hydrogens (tertiary/aromatic N) is 3. The average molecular weight is 471 g/mol. The zero-order valence-electron chi connectivity index (χ0n) is 16.5. The van der Waals surface area contributed by atoms with Gasteiger partial charge in [0.05, 0.1) is 34.5 Å². The predicted molar refractivity (Wildman–Crippen MR) is 110 cm³/mol. The number of halogens is 2. The molecule has 3 atom stereocenters. The highest BCUT2D eigenvalue weighted by Crippen LogP contribution is 2.36. The van der Waals surface area contributed by atoms with Gasteiger partial charge in [-0.15, -0.1) is 0 Å². The number of benzene rings is 1. The highest BCUT2D eigenvalue weighted by atomic mass is 35.5. The van der Waals surface area contributed by atoms with E-state index in [1.165, 1.54) is 19.2 Å². The summed E-state index contributed by atoms with van der Waals surface area (Å²) in [6, 6.07) is 2.98. The molecule has 0 aliphatic carbocycles. The molecule has 0 bridgehead atoms. The summed E-state index contributed by atoms with van der Waals surface area (Å²) in [4.78, 5) is 19.8. The second-order valence-corrected chi connectivity index (χ2v) is 9.67. The SMILES string of the molecule is C[C@H](C(=O)O)N1Cc2ccc(-c3nc(N[C@H]4CCOC[C@H]4F)ncc3Cl)cc2S1(=O)=O. The summed E-state index contributed by atoms with van der Waals surface area (Å²) < 4.78 is 45.9. The number of anilines is 1. The standard InChI is InChI=1S/C19H20ClFN4O5S/c1-10(18(26)27)25-8-12-3-2-11(6-16(12)31(25,28)29)17-13(20)7-22-19(24-17)23-15-4-5-30-9-14(15)21/h2-3,6-7,10,14-15H,4-5,8-9H2,1H3,(H,26,27)(H,22,23,24)/t10-,14-,15+/m1/s1. The van der Waals surface area contributed by atoms with Gasteiger partial charge in [0, 0.05) is 18.7 Å². The second-order valence-electron chi connectivity index (χ2n) is 7.41. The molecule has 2 aromatic rings. The van der Waals surface area contributed by atoms with Crippen molar-refractivity contribution in [1.29, 1.82) is 0 Å². The van der Waals surface area contributed by atoms with Crippen LogP contribution in [0.4, 0.5) is 10.3 Å². The van der Waals surface area contributed by atoms with Gasteiger partial charge in [-0.25, -0.2) is 22.8 Å². The van der Waals surface area contributed by atoms with Crippen LogP contribution in [-0.4, -0.2) is 65.2 Å². The van der Waals surface area contributed by atoms with E-state index in [0.717, 1.165) is 4.31 Å². The molecule has 9 nitrogen and oxygen atoms in total. The van der Waals surface area contributed by atoms with Crippen molar-refractivity contribution in [2.75, 3.05) is 18.5 Å². The minimum absolute atomic E-state index is 0.00788. The molecule has 0 spiro atoms. The molecule has 12 heteroatoms. The number of alkyl halides is 1. The minimum Gasteiger partial charge on any atom is -0.480 e. The highest BCUT2D eigenvalue weighted by molar-refractivity contribution is 7.89. The topological polar surface area (TPSA) is 122 Å². The van der Waals surface area contributed by atoms with Crippen LogP contribution < -0.4 is 5.32 Å². The number of carbonyl (C=O) groups is 1. The van der Waals surface area contributed by atoms with E-state index in [-0.39, 0.29) is 34.7 Å². The van der Waals surface area contributed by atoms with Gasteiger partial charge in [0.15, 0.2) is 0 Å². The number of rotatable bonds is 5. The first-order chi connectivity index (χ1) is 14.7. The summed E-state index contributed by atoms with van der Waals surface area (Å²) in [6.07, 6.45) is 0.611. The number of sulfonamides is 1. The highest BCUT2D eigenvalue weighted by Gasteiger charge is 2.40. The Morgan fingerprint density at radius 2 is 2.23 bits per heavy atom. The van der Waals surface area contributed by atoms with Gasteiger partial charge in [0.1, 0.15) is 12.2 Å². The molecular formula is C19H20ClFN4O5S. The van der Waals surface area contributed by atoms with Gasteiger partial charge in [0.25, 0.3) is 0 Å². The maximum absolute atomic E-state index is 14.0. The van der Waals surface area contributed by atoms with Crippen LogP contribution >= 0.6 is 11.6 Å². The zero-order chi connectivity index (χ0) is 22.3. The lowest BCUT2D eigenvalue weighted by Gasteiger charge is -2.26. The van der Waals surface area contributed by atoms with Crippen LogP contribution in [0, 0.1) is 0 Å². The Hall–Kier alpha value is -2.34. The van der Waals surface area contributed by atoms with Gasteiger partial charge in [-0.2, -0.15) is 4.31 Å². The lowest BCUT2D eigenvalue weighted by atomic mass is 10.1. The number of ether oxygens (including phenoxy) is 1. The van der Waals surface area contributed by atoms with Crippen LogP contribution in [0.2, 0.25) is 5.02 Å². The fourth-order valence-corrected chi connectivity index (χ4v) is 5.60. The van der Waals surface area contributed by atoms with Crippen LogP contribution in [0.15, 0.2) is 29.3 Å². The smallest absolute Gasteiger partial charge is 0.321 e. The van der Waals surface area contributed by atoms with E-state index in [1.54, 1.807) is 12.1 Å². The number of carboxylic acid groups (broad SMARTS) is 1. The third-order valence-electron chi connectivity index (χ3n) is 5.39. The molecule has 4 rings (SSSR count). The second kappa shape index (κ2) is 8.30. The molecule has 0 unspecified atom stereocenters. The van der Waals surface area contributed by atoms with Gasteiger partial charge in [-0.1, -0.05) is 23.7 Å². The molecule has 31 heavy (non-hydrogen) atoms. The van der Waals surface area contributed by atoms with Gasteiger partial charge >= 0.3 is 5.97 Å². The third-order valence-corrected chi connectivity index (χ3v) is 7.66. The summed E-state index contributed by atoms with van der Waals surface area (Å²) >= 11 is 6.26. The number of carboxylic acids is 1. The van der Waals surface area contributed by atoms with Crippen LogP contribution in [0.5, 0.6) is 0 Å². The molecule has 0 saturated carbocycles. The van der Waals surface area contributed by atoms with Crippen molar-refractivity contribution >= 4 is 33.5 Å². The molecule has 2 aliphatic heterocycles. The van der Waals surface area contributed by atoms with Crippen LogP contribution in [0.3, 0.4) is 0 Å². The average Bonchev–Trinajstić information content (AvgIpc) is 3.00. The van der Waals surface area contributed by atoms with Gasteiger partial charge in [-0.3, -0.25) is 4.79 Å². The monoisotopic (exact) mass is 470 g/mol. The van der Waals surface area contributed by atoms with E-state index in [9.17, 15) is 22.7 Å². The van der Waals surface area contributed by atoms with Crippen LogP contribution in [0.1, 0.15) is 18.9 Å². The normalized spacial score (nSPS) is 23.8. The fourth-order valence-electron chi connectivity index (χ4n) is 3.59. The number of hydrogen-bond acceptors (Lipinski definition) is 7. The molecular weight excluding hydrogens is 451 g/mol. The molecule has 2 N–H and O–H groups in total. The molecule has 0 radical (unpaired) electrons. The molecule has 166 valence electrons. The number of nitrogens with one attached hydrogen (secondary N) is 1. The molecule has 2 aliphatic rings. The van der Waals surface area contributed by atoms with Crippen molar-refractivity contribution in [1.82, 2.24) is 14.3 Å². The van der Waals surface area contributed by atoms with Gasteiger partial charge < -0.3 is 15.2 Å². The zero-order valence-corrected chi connectivity index (χ0v) is 18.0. The summed E-state index contributed by atoms with van der Waals surface area (Å²) in [6.45, 7) is 1.70. The number of fused-ring (bicyclic) bond motifs is 1. The first-order valence-corrected chi connectivity index (χ1v) is 11.4. The summed E-state index contributed by atoms with van der Waals surface area (Å²) in [5.41, 5.74) is 1.19. The molecule has 0 amide bonds. The van der Waals surface area contributed by atoms with Crippen molar-refractivity contribution < 1.29 is 27.4 Å². The maximum atomic E-state index is 14.0. The Labute approximate surface area is 183 Å². The van der Waals surface area contributed by atoms with E-state index in [0.29, 0.717) is 24.2 Å². The third kappa shape index (κ3) is 4.10. The van der Waals surface area contributed by atoms with Crippen molar-refractivity contribution in [3.63, 3.8) is 0 Å². The molecule has 1 aromatic heterocycles. The minimum atomic E-state index is -3.99. The lowest BCUT2D eigenvalue weighted by Crippen LogP contribution is -2.39. The molecule has 1 saturated heterocycles. The summed E-state index contributed by atoms with van der Waals surface area (Å²) in [5.74, 6) is -1.07. The Morgan fingerprint density at radius 1 is 1.45 bits per heavy atom. The quantitative estimate of drug-likeness (QED) is 0.682. The number of aliphatic carboxylic acids is 1. The Morgan fingerprint density at radius 3 is 2.94 bits per heavy atom. The number of hydrogen-bond donors (Lipinski definition) is 2. The first-order valence-electron chi connectivity index (χ1n) is 9.57. The van der Waals surface area contributed by atoms with Crippen molar-refractivity contribution in [2.24, 2.45) is 0 Å².